The smallest absolute Gasteiger partial charge is 0.387 e. The third-order valence-electron chi connectivity index (χ3n) is 2.58. The van der Waals surface area contributed by atoms with Gasteiger partial charge in [-0.25, -0.2) is 0 Å². The number of ether oxygens (including phenoxy) is 1. The summed E-state index contributed by atoms with van der Waals surface area (Å²) in [6.07, 6.45) is 0.840. The van der Waals surface area contributed by atoms with E-state index in [9.17, 15) is 13.6 Å². The Morgan fingerprint density at radius 1 is 1.26 bits per heavy atom. The lowest BCUT2D eigenvalue weighted by Gasteiger charge is -2.08. The summed E-state index contributed by atoms with van der Waals surface area (Å²) in [6, 6.07) is 9.62. The number of hydrogen-bond acceptors (Lipinski definition) is 3. The molecular weight excluding hydrogens is 270 g/mol. The molecule has 0 atom stereocenters. The second-order valence-corrected chi connectivity index (χ2v) is 4.99. The maximum absolute atomic E-state index is 12.3. The Kier molecular flexibility index (Phi) is 4.27. The van der Waals surface area contributed by atoms with E-state index in [0.29, 0.717) is 4.88 Å². The van der Waals surface area contributed by atoms with Crippen molar-refractivity contribution in [2.45, 2.75) is 20.0 Å². The molecule has 1 aromatic heterocycles. The van der Waals surface area contributed by atoms with E-state index in [-0.39, 0.29) is 17.1 Å². The van der Waals surface area contributed by atoms with Crippen molar-refractivity contribution in [2.24, 2.45) is 0 Å². The number of alkyl halides is 2. The van der Waals surface area contributed by atoms with E-state index in [2.05, 4.69) is 4.74 Å². The molecule has 5 heteroatoms. The summed E-state index contributed by atoms with van der Waals surface area (Å²) >= 11 is 1.37. The van der Waals surface area contributed by atoms with Crippen molar-refractivity contribution in [2.75, 3.05) is 0 Å². The van der Waals surface area contributed by atoms with Crippen molar-refractivity contribution in [1.82, 2.24) is 0 Å². The molecule has 0 bridgehead atoms. The second kappa shape index (κ2) is 5.93. The fourth-order valence-electron chi connectivity index (χ4n) is 1.68. The molecule has 1 aromatic carbocycles. The Balaban J connectivity index is 2.32. The predicted octanol–water partition coefficient (Wildman–Crippen LogP) is 4.14. The van der Waals surface area contributed by atoms with Crippen LogP contribution in [0.4, 0.5) is 8.78 Å². The minimum atomic E-state index is -2.94. The van der Waals surface area contributed by atoms with Gasteiger partial charge in [0.05, 0.1) is 10.4 Å². The van der Waals surface area contributed by atoms with Crippen molar-refractivity contribution >= 4 is 17.1 Å². The van der Waals surface area contributed by atoms with Crippen LogP contribution in [0.1, 0.15) is 27.0 Å². The molecule has 0 aliphatic heterocycles. The number of ketones is 1. The third-order valence-corrected chi connectivity index (χ3v) is 3.81. The van der Waals surface area contributed by atoms with Crippen LogP contribution in [0.15, 0.2) is 36.4 Å². The lowest BCUT2D eigenvalue weighted by Crippen LogP contribution is -2.07. The van der Waals surface area contributed by atoms with Crippen LogP contribution >= 0.6 is 11.3 Å². The first-order chi connectivity index (χ1) is 9.11. The number of carbonyl (C=O) groups excluding carboxylic acids is 1. The van der Waals surface area contributed by atoms with Crippen molar-refractivity contribution in [3.05, 3.63) is 51.7 Å². The van der Waals surface area contributed by atoms with Crippen LogP contribution in [-0.2, 0) is 6.42 Å². The van der Waals surface area contributed by atoms with Gasteiger partial charge in [0.2, 0.25) is 5.78 Å². The molecule has 2 rings (SSSR count). The van der Waals surface area contributed by atoms with Crippen molar-refractivity contribution in [3.63, 3.8) is 0 Å². The minimum absolute atomic E-state index is 0.0889. The highest BCUT2D eigenvalue weighted by Crippen LogP contribution is 2.26. The van der Waals surface area contributed by atoms with Crippen molar-refractivity contribution in [1.29, 1.82) is 0 Å². The number of benzene rings is 1. The van der Waals surface area contributed by atoms with E-state index in [4.69, 9.17) is 0 Å². The molecule has 2 nitrogen and oxygen atoms in total. The van der Waals surface area contributed by atoms with Gasteiger partial charge < -0.3 is 4.74 Å². The molecule has 100 valence electrons. The monoisotopic (exact) mass is 282 g/mol. The summed E-state index contributed by atoms with van der Waals surface area (Å²) in [4.78, 5) is 13.9. The zero-order valence-corrected chi connectivity index (χ0v) is 11.0. The maximum Gasteiger partial charge on any atom is 0.387 e. The molecule has 0 spiro atoms. The van der Waals surface area contributed by atoms with E-state index in [1.165, 1.54) is 23.5 Å². The van der Waals surface area contributed by atoms with Crippen LogP contribution < -0.4 is 4.74 Å². The Morgan fingerprint density at radius 2 is 2.00 bits per heavy atom. The number of halogens is 2. The van der Waals surface area contributed by atoms with Gasteiger partial charge in [0, 0.05) is 4.88 Å². The molecule has 2 aromatic rings. The van der Waals surface area contributed by atoms with Gasteiger partial charge in [-0.2, -0.15) is 8.78 Å². The molecule has 0 saturated carbocycles. The Labute approximate surface area is 113 Å². The number of carbonyl (C=O) groups is 1. The minimum Gasteiger partial charge on any atom is -0.434 e. The zero-order chi connectivity index (χ0) is 13.8. The standard InChI is InChI=1S/C14H12F2O2S/c1-2-9-7-8-12(19-9)13(17)10-5-3-4-6-11(10)18-14(15)16/h3-8,14H,2H2,1H3. The average Bonchev–Trinajstić information content (AvgIpc) is 2.86. The predicted molar refractivity (Wildman–Crippen MR) is 70.2 cm³/mol. The molecule has 0 aliphatic rings. The quantitative estimate of drug-likeness (QED) is 0.770. The van der Waals surface area contributed by atoms with Crippen LogP contribution in [0.25, 0.3) is 0 Å². The third kappa shape index (κ3) is 3.17. The Bertz CT molecular complexity index is 578. The fourth-order valence-corrected chi connectivity index (χ4v) is 2.58. The van der Waals surface area contributed by atoms with Gasteiger partial charge in [-0.3, -0.25) is 4.79 Å². The molecular formula is C14H12F2O2S. The number of hydrogen-bond donors (Lipinski definition) is 0. The lowest BCUT2D eigenvalue weighted by molar-refractivity contribution is -0.0501. The van der Waals surface area contributed by atoms with Crippen LogP contribution in [0.3, 0.4) is 0 Å². The molecule has 0 amide bonds. The van der Waals surface area contributed by atoms with Gasteiger partial charge in [0.15, 0.2) is 0 Å². The fraction of sp³-hybridized carbons (Fsp3) is 0.214. The average molecular weight is 282 g/mol. The summed E-state index contributed by atoms with van der Waals surface area (Å²) < 4.78 is 29.0. The van der Waals surface area contributed by atoms with E-state index >= 15 is 0 Å². The van der Waals surface area contributed by atoms with Gasteiger partial charge in [-0.05, 0) is 30.7 Å². The number of rotatable bonds is 5. The SMILES string of the molecule is CCc1ccc(C(=O)c2ccccc2OC(F)F)s1. The van der Waals surface area contributed by atoms with E-state index in [1.807, 2.05) is 13.0 Å². The first kappa shape index (κ1) is 13.7. The van der Waals surface area contributed by atoms with Gasteiger partial charge in [0.1, 0.15) is 5.75 Å². The first-order valence-electron chi connectivity index (χ1n) is 5.79. The number of aryl methyl sites for hydroxylation is 1. The molecule has 0 fully saturated rings. The summed E-state index contributed by atoms with van der Waals surface area (Å²) in [5, 5.41) is 0. The van der Waals surface area contributed by atoms with Crippen LogP contribution in [0.5, 0.6) is 5.75 Å². The topological polar surface area (TPSA) is 26.3 Å². The van der Waals surface area contributed by atoms with Crippen LogP contribution in [-0.4, -0.2) is 12.4 Å². The summed E-state index contributed by atoms with van der Waals surface area (Å²) in [7, 11) is 0. The van der Waals surface area contributed by atoms with Gasteiger partial charge in [-0.15, -0.1) is 11.3 Å². The van der Waals surface area contributed by atoms with Crippen molar-refractivity contribution < 1.29 is 18.3 Å². The van der Waals surface area contributed by atoms with Crippen molar-refractivity contribution in [3.8, 4) is 5.75 Å². The largest absolute Gasteiger partial charge is 0.434 e. The summed E-state index contributed by atoms with van der Waals surface area (Å²) in [6.45, 7) is -0.947. The summed E-state index contributed by atoms with van der Waals surface area (Å²) in [5.74, 6) is -0.380. The molecule has 0 aliphatic carbocycles. The molecule has 1 heterocycles. The number of thiophene rings is 1. The van der Waals surface area contributed by atoms with E-state index < -0.39 is 6.61 Å². The normalized spacial score (nSPS) is 10.7. The second-order valence-electron chi connectivity index (χ2n) is 3.82. The highest BCUT2D eigenvalue weighted by molar-refractivity contribution is 7.14. The molecule has 19 heavy (non-hydrogen) atoms. The highest BCUT2D eigenvalue weighted by Gasteiger charge is 2.18. The van der Waals surface area contributed by atoms with Gasteiger partial charge in [0.25, 0.3) is 0 Å². The maximum atomic E-state index is 12.3. The van der Waals surface area contributed by atoms with Gasteiger partial charge >= 0.3 is 6.61 Å². The molecule has 0 unspecified atom stereocenters. The summed E-state index contributed by atoms with van der Waals surface area (Å²) in [5.41, 5.74) is 0.160. The highest BCUT2D eigenvalue weighted by atomic mass is 32.1. The zero-order valence-electron chi connectivity index (χ0n) is 10.2. The van der Waals surface area contributed by atoms with Gasteiger partial charge in [-0.1, -0.05) is 19.1 Å². The number of para-hydroxylation sites is 1. The first-order valence-corrected chi connectivity index (χ1v) is 6.60. The van der Waals surface area contributed by atoms with Crippen LogP contribution in [0.2, 0.25) is 0 Å². The molecule has 0 saturated heterocycles. The Hall–Kier alpha value is -1.75. The lowest BCUT2D eigenvalue weighted by atomic mass is 10.1. The molecule has 0 N–H and O–H groups in total. The van der Waals surface area contributed by atoms with E-state index in [1.54, 1.807) is 18.2 Å². The van der Waals surface area contributed by atoms with E-state index in [0.717, 1.165) is 11.3 Å². The Morgan fingerprint density at radius 3 is 2.63 bits per heavy atom. The van der Waals surface area contributed by atoms with Crippen LogP contribution in [0, 0.1) is 0 Å². The molecule has 0 radical (unpaired) electrons.